The number of hydrogen-bond acceptors (Lipinski definition) is 3. The minimum atomic E-state index is 0. The quantitative estimate of drug-likeness (QED) is 0.919. The van der Waals surface area contributed by atoms with Crippen LogP contribution in [0.15, 0.2) is 34.9 Å². The van der Waals surface area contributed by atoms with E-state index in [2.05, 4.69) is 26.2 Å². The summed E-state index contributed by atoms with van der Waals surface area (Å²) in [7, 11) is 0. The molecule has 2 N–H and O–H groups in total. The van der Waals surface area contributed by atoms with Crippen molar-refractivity contribution in [3.8, 4) is 5.69 Å². The van der Waals surface area contributed by atoms with E-state index in [1.54, 1.807) is 4.68 Å². The van der Waals surface area contributed by atoms with Crippen molar-refractivity contribution in [1.29, 1.82) is 0 Å². The molecule has 1 aromatic heterocycles. The summed E-state index contributed by atoms with van der Waals surface area (Å²) < 4.78 is 2.72. The van der Waals surface area contributed by atoms with E-state index in [-0.39, 0.29) is 12.4 Å². The van der Waals surface area contributed by atoms with Crippen LogP contribution in [0.3, 0.4) is 0 Å². The fourth-order valence-electron chi connectivity index (χ4n) is 1.14. The fraction of sp³-hybridized carbons (Fsp3) is 0.111. The summed E-state index contributed by atoms with van der Waals surface area (Å²) >= 11 is 3.40. The summed E-state index contributed by atoms with van der Waals surface area (Å²) in [5, 5.41) is 7.88. The van der Waals surface area contributed by atoms with Crippen LogP contribution in [0.5, 0.6) is 0 Å². The maximum atomic E-state index is 5.45. The van der Waals surface area contributed by atoms with Crippen molar-refractivity contribution < 1.29 is 0 Å². The molecule has 4 nitrogen and oxygen atoms in total. The minimum Gasteiger partial charge on any atom is -0.325 e. The Labute approximate surface area is 102 Å². The normalized spacial score (nSPS) is 9.73. The molecule has 0 atom stereocenters. The monoisotopic (exact) mass is 288 g/mol. The van der Waals surface area contributed by atoms with Crippen molar-refractivity contribution in [3.05, 3.63) is 40.6 Å². The third kappa shape index (κ3) is 2.77. The van der Waals surface area contributed by atoms with E-state index < -0.39 is 0 Å². The van der Waals surface area contributed by atoms with Crippen molar-refractivity contribution >= 4 is 28.3 Å². The van der Waals surface area contributed by atoms with Gasteiger partial charge in [-0.05, 0) is 18.2 Å². The molecule has 6 heteroatoms. The number of nitrogens with two attached hydrogens (primary N) is 1. The lowest BCUT2D eigenvalue weighted by atomic mass is 10.3. The molecule has 0 unspecified atom stereocenters. The SMILES string of the molecule is Cl.NCc1cn(-c2cccc(Br)c2)nn1. The molecule has 0 saturated heterocycles. The second kappa shape index (κ2) is 5.25. The van der Waals surface area contributed by atoms with Crippen LogP contribution in [-0.4, -0.2) is 15.0 Å². The van der Waals surface area contributed by atoms with Crippen molar-refractivity contribution in [2.45, 2.75) is 6.54 Å². The molecule has 0 spiro atoms. The van der Waals surface area contributed by atoms with Crippen molar-refractivity contribution in [3.63, 3.8) is 0 Å². The Morgan fingerprint density at radius 3 is 2.80 bits per heavy atom. The molecular formula is C9H10BrClN4. The molecule has 2 aromatic rings. The summed E-state index contributed by atoms with van der Waals surface area (Å²) in [6, 6.07) is 7.84. The lowest BCUT2D eigenvalue weighted by molar-refractivity contribution is 0.796. The lowest BCUT2D eigenvalue weighted by Crippen LogP contribution is -1.95. The summed E-state index contributed by atoms with van der Waals surface area (Å²) in [4.78, 5) is 0. The number of nitrogens with zero attached hydrogens (tertiary/aromatic N) is 3. The van der Waals surface area contributed by atoms with Crippen LogP contribution >= 0.6 is 28.3 Å². The largest absolute Gasteiger partial charge is 0.325 e. The van der Waals surface area contributed by atoms with Gasteiger partial charge in [-0.15, -0.1) is 17.5 Å². The van der Waals surface area contributed by atoms with Gasteiger partial charge in [-0.3, -0.25) is 0 Å². The number of halogens is 2. The predicted molar refractivity (Wildman–Crippen MR) is 64.2 cm³/mol. The predicted octanol–water partition coefficient (Wildman–Crippen LogP) is 1.91. The zero-order valence-electron chi connectivity index (χ0n) is 7.80. The Morgan fingerprint density at radius 1 is 1.40 bits per heavy atom. The smallest absolute Gasteiger partial charge is 0.0967 e. The summed E-state index contributed by atoms with van der Waals surface area (Å²) in [5.74, 6) is 0. The first kappa shape index (κ1) is 12.2. The van der Waals surface area contributed by atoms with E-state index in [4.69, 9.17) is 5.73 Å². The molecule has 0 amide bonds. The maximum Gasteiger partial charge on any atom is 0.0967 e. The number of hydrogen-bond donors (Lipinski definition) is 1. The van der Waals surface area contributed by atoms with Gasteiger partial charge < -0.3 is 5.73 Å². The average molecular weight is 290 g/mol. The molecule has 2 rings (SSSR count). The number of rotatable bonds is 2. The van der Waals surface area contributed by atoms with Crippen LogP contribution in [0.2, 0.25) is 0 Å². The average Bonchev–Trinajstić information content (AvgIpc) is 2.66. The highest BCUT2D eigenvalue weighted by molar-refractivity contribution is 9.10. The van der Waals surface area contributed by atoms with Crippen molar-refractivity contribution in [1.82, 2.24) is 15.0 Å². The molecule has 1 heterocycles. The second-order valence-electron chi connectivity index (χ2n) is 2.84. The zero-order valence-corrected chi connectivity index (χ0v) is 10.2. The van der Waals surface area contributed by atoms with E-state index in [1.807, 2.05) is 30.5 Å². The van der Waals surface area contributed by atoms with Crippen molar-refractivity contribution in [2.75, 3.05) is 0 Å². The number of benzene rings is 1. The van der Waals surface area contributed by atoms with Gasteiger partial charge in [0.15, 0.2) is 0 Å². The van der Waals surface area contributed by atoms with Gasteiger partial charge in [-0.1, -0.05) is 27.2 Å². The topological polar surface area (TPSA) is 56.7 Å². The van der Waals surface area contributed by atoms with E-state index in [0.29, 0.717) is 6.54 Å². The lowest BCUT2D eigenvalue weighted by Gasteiger charge is -1.99. The summed E-state index contributed by atoms with van der Waals surface area (Å²) in [6.07, 6.45) is 1.82. The first-order chi connectivity index (χ1) is 6.79. The van der Waals surface area contributed by atoms with Crippen LogP contribution in [-0.2, 0) is 6.54 Å². The third-order valence-corrected chi connectivity index (χ3v) is 2.32. The Hall–Kier alpha value is -0.910. The van der Waals surface area contributed by atoms with Gasteiger partial charge in [0.25, 0.3) is 0 Å². The van der Waals surface area contributed by atoms with E-state index in [1.165, 1.54) is 0 Å². The highest BCUT2D eigenvalue weighted by atomic mass is 79.9. The Bertz CT molecular complexity index is 443. The van der Waals surface area contributed by atoms with Gasteiger partial charge in [0.2, 0.25) is 0 Å². The molecule has 0 fully saturated rings. The van der Waals surface area contributed by atoms with Gasteiger partial charge in [0.1, 0.15) is 0 Å². The molecule has 0 aliphatic heterocycles. The Balaban J connectivity index is 0.00000112. The number of aromatic nitrogens is 3. The third-order valence-electron chi connectivity index (χ3n) is 1.82. The van der Waals surface area contributed by atoms with Crippen molar-refractivity contribution in [2.24, 2.45) is 5.73 Å². The minimum absolute atomic E-state index is 0. The Kier molecular flexibility index (Phi) is 4.26. The molecule has 0 radical (unpaired) electrons. The van der Waals surface area contributed by atoms with E-state index >= 15 is 0 Å². The summed E-state index contributed by atoms with van der Waals surface area (Å²) in [5.41, 5.74) is 7.19. The van der Waals surface area contributed by atoms with Crippen LogP contribution in [0, 0.1) is 0 Å². The van der Waals surface area contributed by atoms with E-state index in [0.717, 1.165) is 15.9 Å². The van der Waals surface area contributed by atoms with E-state index in [9.17, 15) is 0 Å². The van der Waals surface area contributed by atoms with Crippen LogP contribution in [0.1, 0.15) is 5.69 Å². The molecule has 0 bridgehead atoms. The van der Waals surface area contributed by atoms with Gasteiger partial charge in [-0.2, -0.15) is 0 Å². The fourth-order valence-corrected chi connectivity index (χ4v) is 1.52. The second-order valence-corrected chi connectivity index (χ2v) is 3.75. The molecule has 80 valence electrons. The van der Waals surface area contributed by atoms with Gasteiger partial charge in [0.05, 0.1) is 17.6 Å². The molecular weight excluding hydrogens is 279 g/mol. The molecule has 15 heavy (non-hydrogen) atoms. The molecule has 0 saturated carbocycles. The standard InChI is InChI=1S/C9H9BrN4.ClH/c10-7-2-1-3-9(4-7)14-6-8(5-11)12-13-14;/h1-4,6H,5,11H2;1H. The first-order valence-corrected chi connectivity index (χ1v) is 4.96. The highest BCUT2D eigenvalue weighted by Crippen LogP contribution is 2.14. The maximum absolute atomic E-state index is 5.45. The molecule has 0 aliphatic rings. The summed E-state index contributed by atoms with van der Waals surface area (Å²) in [6.45, 7) is 0.411. The zero-order chi connectivity index (χ0) is 9.97. The Morgan fingerprint density at radius 2 is 2.20 bits per heavy atom. The molecule has 1 aromatic carbocycles. The van der Waals surface area contributed by atoms with Gasteiger partial charge in [-0.25, -0.2) is 4.68 Å². The van der Waals surface area contributed by atoms with Crippen LogP contribution in [0.25, 0.3) is 5.69 Å². The molecule has 0 aliphatic carbocycles. The first-order valence-electron chi connectivity index (χ1n) is 4.17. The van der Waals surface area contributed by atoms with Gasteiger partial charge in [0, 0.05) is 11.0 Å². The van der Waals surface area contributed by atoms with Crippen LogP contribution in [0.4, 0.5) is 0 Å². The highest BCUT2D eigenvalue weighted by Gasteiger charge is 2.00. The van der Waals surface area contributed by atoms with Gasteiger partial charge >= 0.3 is 0 Å². The van der Waals surface area contributed by atoms with Crippen LogP contribution < -0.4 is 5.73 Å².